The summed E-state index contributed by atoms with van der Waals surface area (Å²) in [7, 11) is 1.43. The number of rotatable bonds is 5. The van der Waals surface area contributed by atoms with Gasteiger partial charge in [0.25, 0.3) is 0 Å². The average Bonchev–Trinajstić information content (AvgIpc) is 3.21. The van der Waals surface area contributed by atoms with E-state index in [1.54, 1.807) is 30.6 Å². The molecule has 1 aromatic carbocycles. The van der Waals surface area contributed by atoms with Crippen LogP contribution >= 0.6 is 0 Å². The second-order valence-electron chi connectivity index (χ2n) is 4.84. The smallest absolute Gasteiger partial charge is 0.315 e. The first-order chi connectivity index (χ1) is 10.7. The summed E-state index contributed by atoms with van der Waals surface area (Å²) >= 11 is 0. The highest BCUT2D eigenvalue weighted by Gasteiger charge is 2.29. The van der Waals surface area contributed by atoms with Crippen molar-refractivity contribution in [3.8, 4) is 5.75 Å². The van der Waals surface area contributed by atoms with Crippen molar-refractivity contribution in [2.75, 3.05) is 7.11 Å². The summed E-state index contributed by atoms with van der Waals surface area (Å²) in [6.45, 7) is 0. The molecule has 0 saturated carbocycles. The zero-order valence-electron chi connectivity index (χ0n) is 11.9. The van der Waals surface area contributed by atoms with Gasteiger partial charge in [0.1, 0.15) is 0 Å². The fourth-order valence-electron chi connectivity index (χ4n) is 2.68. The second-order valence-corrected chi connectivity index (χ2v) is 4.84. The predicted octanol–water partition coefficient (Wildman–Crippen LogP) is 3.44. The zero-order chi connectivity index (χ0) is 15.5. The molecule has 22 heavy (non-hydrogen) atoms. The summed E-state index contributed by atoms with van der Waals surface area (Å²) in [5.41, 5.74) is 2.31. The summed E-state index contributed by atoms with van der Waals surface area (Å²) in [5, 5.41) is 11.6. The van der Waals surface area contributed by atoms with E-state index in [1.165, 1.54) is 7.11 Å². The number of H-pyrrole nitrogens is 2. The number of para-hydroxylation sites is 1. The lowest BCUT2D eigenvalue weighted by molar-refractivity contribution is -0.386. The first-order valence-corrected chi connectivity index (χ1v) is 6.80. The number of hydrogen-bond donors (Lipinski definition) is 2. The third-order valence-electron chi connectivity index (χ3n) is 3.61. The average molecular weight is 297 g/mol. The van der Waals surface area contributed by atoms with Crippen LogP contribution < -0.4 is 4.74 Å². The van der Waals surface area contributed by atoms with Crippen LogP contribution in [0.5, 0.6) is 5.75 Å². The molecule has 3 rings (SSSR count). The number of hydrogen-bond acceptors (Lipinski definition) is 3. The van der Waals surface area contributed by atoms with Crippen LogP contribution in [0.4, 0.5) is 5.69 Å². The van der Waals surface area contributed by atoms with E-state index >= 15 is 0 Å². The van der Waals surface area contributed by atoms with E-state index in [0.29, 0.717) is 5.56 Å². The van der Waals surface area contributed by atoms with Gasteiger partial charge in [-0.15, -0.1) is 0 Å². The minimum absolute atomic E-state index is 0.0146. The van der Waals surface area contributed by atoms with Crippen molar-refractivity contribution in [3.63, 3.8) is 0 Å². The van der Waals surface area contributed by atoms with Gasteiger partial charge in [0.15, 0.2) is 5.75 Å². The first kappa shape index (κ1) is 13.9. The second kappa shape index (κ2) is 5.77. The lowest BCUT2D eigenvalue weighted by atomic mass is 9.91. The molecule has 3 aromatic rings. The van der Waals surface area contributed by atoms with Crippen LogP contribution in [0.25, 0.3) is 0 Å². The Labute approximate surface area is 126 Å². The van der Waals surface area contributed by atoms with Gasteiger partial charge in [-0.1, -0.05) is 12.1 Å². The van der Waals surface area contributed by atoms with Crippen molar-refractivity contribution in [3.05, 3.63) is 81.9 Å². The van der Waals surface area contributed by atoms with Gasteiger partial charge in [-0.3, -0.25) is 10.1 Å². The van der Waals surface area contributed by atoms with Gasteiger partial charge in [0, 0.05) is 29.3 Å². The fourth-order valence-corrected chi connectivity index (χ4v) is 2.68. The number of nitro benzene ring substituents is 1. The largest absolute Gasteiger partial charge is 0.490 e. The SMILES string of the molecule is COc1cccc(C(c2ccc[nH]2)c2ccc[nH]2)c1[N+](=O)[O-]. The van der Waals surface area contributed by atoms with Crippen molar-refractivity contribution in [2.24, 2.45) is 0 Å². The summed E-state index contributed by atoms with van der Waals surface area (Å²) in [4.78, 5) is 17.4. The fraction of sp³-hybridized carbons (Fsp3) is 0.125. The van der Waals surface area contributed by atoms with Crippen LogP contribution in [0, 0.1) is 10.1 Å². The lowest BCUT2D eigenvalue weighted by Gasteiger charge is -2.16. The van der Waals surface area contributed by atoms with Gasteiger partial charge in [-0.2, -0.15) is 0 Å². The van der Waals surface area contributed by atoms with E-state index < -0.39 is 4.92 Å². The van der Waals surface area contributed by atoms with Crippen molar-refractivity contribution < 1.29 is 9.66 Å². The highest BCUT2D eigenvalue weighted by molar-refractivity contribution is 5.58. The molecule has 0 atom stereocenters. The Balaban J connectivity index is 2.24. The Morgan fingerprint density at radius 1 is 1.05 bits per heavy atom. The molecule has 0 amide bonds. The predicted molar refractivity (Wildman–Crippen MR) is 82.2 cm³/mol. The van der Waals surface area contributed by atoms with Gasteiger partial charge in [-0.05, 0) is 30.3 Å². The Morgan fingerprint density at radius 2 is 1.68 bits per heavy atom. The van der Waals surface area contributed by atoms with E-state index in [4.69, 9.17) is 4.74 Å². The Kier molecular flexibility index (Phi) is 3.65. The highest BCUT2D eigenvalue weighted by atomic mass is 16.6. The van der Waals surface area contributed by atoms with Crippen LogP contribution in [-0.4, -0.2) is 22.0 Å². The standard InChI is InChI=1S/C16H15N3O3/c1-22-14-8-2-5-11(16(14)19(20)21)15(12-6-3-9-17-12)13-7-4-10-18-13/h2-10,15,17-18H,1H3. The maximum absolute atomic E-state index is 11.6. The molecule has 0 radical (unpaired) electrons. The summed E-state index contributed by atoms with van der Waals surface area (Å²) in [5.74, 6) is -0.0360. The Morgan fingerprint density at radius 3 is 2.14 bits per heavy atom. The molecule has 0 spiro atoms. The lowest BCUT2D eigenvalue weighted by Crippen LogP contribution is -2.08. The molecule has 0 fully saturated rings. The number of nitrogens with one attached hydrogen (secondary N) is 2. The van der Waals surface area contributed by atoms with Crippen LogP contribution in [0.1, 0.15) is 22.9 Å². The maximum Gasteiger partial charge on any atom is 0.315 e. The quantitative estimate of drug-likeness (QED) is 0.559. The first-order valence-electron chi connectivity index (χ1n) is 6.80. The third kappa shape index (κ3) is 2.35. The molecule has 0 aliphatic carbocycles. The van der Waals surface area contributed by atoms with E-state index in [-0.39, 0.29) is 17.4 Å². The van der Waals surface area contributed by atoms with E-state index in [0.717, 1.165) is 11.4 Å². The van der Waals surface area contributed by atoms with Gasteiger partial charge in [0.2, 0.25) is 0 Å². The summed E-state index contributed by atoms with van der Waals surface area (Å²) in [6.07, 6.45) is 3.61. The zero-order valence-corrected chi connectivity index (χ0v) is 11.9. The monoisotopic (exact) mass is 297 g/mol. The molecule has 6 nitrogen and oxygen atoms in total. The molecule has 0 bridgehead atoms. The number of ether oxygens (including phenoxy) is 1. The van der Waals surface area contributed by atoms with Crippen LogP contribution in [0.3, 0.4) is 0 Å². The number of benzene rings is 1. The van der Waals surface area contributed by atoms with Gasteiger partial charge in [0.05, 0.1) is 18.0 Å². The minimum Gasteiger partial charge on any atom is -0.490 e. The van der Waals surface area contributed by atoms with Crippen molar-refractivity contribution in [2.45, 2.75) is 5.92 Å². The Hall–Kier alpha value is -3.02. The minimum atomic E-state index is -0.396. The molecule has 0 unspecified atom stereocenters. The van der Waals surface area contributed by atoms with Crippen LogP contribution in [0.15, 0.2) is 54.9 Å². The molecule has 2 heterocycles. The van der Waals surface area contributed by atoms with Crippen molar-refractivity contribution >= 4 is 5.69 Å². The van der Waals surface area contributed by atoms with Crippen LogP contribution in [0.2, 0.25) is 0 Å². The van der Waals surface area contributed by atoms with E-state index in [9.17, 15) is 10.1 Å². The van der Waals surface area contributed by atoms with Crippen molar-refractivity contribution in [1.82, 2.24) is 9.97 Å². The maximum atomic E-state index is 11.6. The number of nitrogens with zero attached hydrogens (tertiary/aromatic N) is 1. The normalized spacial score (nSPS) is 10.8. The van der Waals surface area contributed by atoms with Gasteiger partial charge in [-0.25, -0.2) is 0 Å². The van der Waals surface area contributed by atoms with E-state index in [1.807, 2.05) is 24.3 Å². The molecule has 0 aliphatic heterocycles. The molecule has 2 N–H and O–H groups in total. The molecule has 0 saturated heterocycles. The number of nitro groups is 1. The number of aromatic amines is 2. The molecule has 112 valence electrons. The summed E-state index contributed by atoms with van der Waals surface area (Å²) in [6, 6.07) is 12.7. The molecule has 6 heteroatoms. The summed E-state index contributed by atoms with van der Waals surface area (Å²) < 4.78 is 5.17. The van der Waals surface area contributed by atoms with E-state index in [2.05, 4.69) is 9.97 Å². The topological polar surface area (TPSA) is 84.0 Å². The Bertz CT molecular complexity index is 730. The van der Waals surface area contributed by atoms with Crippen molar-refractivity contribution in [1.29, 1.82) is 0 Å². The molecule has 0 aliphatic rings. The molecule has 2 aromatic heterocycles. The third-order valence-corrected chi connectivity index (χ3v) is 3.61. The number of methoxy groups -OCH3 is 1. The van der Waals surface area contributed by atoms with Gasteiger partial charge < -0.3 is 14.7 Å². The van der Waals surface area contributed by atoms with Crippen LogP contribution in [-0.2, 0) is 0 Å². The van der Waals surface area contributed by atoms with Gasteiger partial charge >= 0.3 is 5.69 Å². The molecular formula is C16H15N3O3. The molecular weight excluding hydrogens is 282 g/mol. The highest BCUT2D eigenvalue weighted by Crippen LogP contribution is 2.40. The number of aromatic nitrogens is 2.